The van der Waals surface area contributed by atoms with Gasteiger partial charge in [-0.2, -0.15) is 0 Å². The first kappa shape index (κ1) is 41.8. The van der Waals surface area contributed by atoms with Crippen molar-refractivity contribution in [3.8, 4) is 50.7 Å². The minimum Gasteiger partial charge on any atom is -0.457 e. The summed E-state index contributed by atoms with van der Waals surface area (Å²) in [6.45, 7) is 14.2. The Morgan fingerprint density at radius 2 is 1.01 bits per heavy atom. The molecule has 0 saturated heterocycles. The van der Waals surface area contributed by atoms with Crippen molar-refractivity contribution in [1.82, 2.24) is 9.55 Å². The Morgan fingerprint density at radius 3 is 1.73 bits per heavy atom. The van der Waals surface area contributed by atoms with Crippen molar-refractivity contribution >= 4 is 44.6 Å². The first-order chi connectivity index (χ1) is 32.5. The van der Waals surface area contributed by atoms with E-state index >= 15 is 0 Å². The third-order valence-corrected chi connectivity index (χ3v) is 13.2. The molecule has 0 atom stereocenters. The number of ether oxygens (including phenoxy) is 1. The number of fused-ring (bicyclic) bond motifs is 4. The molecule has 67 heavy (non-hydrogen) atoms. The van der Waals surface area contributed by atoms with Crippen LogP contribution in [0.1, 0.15) is 52.7 Å². The average Bonchev–Trinajstić information content (AvgIpc) is 3.90. The second kappa shape index (κ2) is 16.5. The molecule has 5 heteroatoms. The minimum absolute atomic E-state index is 0.00413. The number of rotatable bonds is 8. The molecule has 0 amide bonds. The second-order valence-electron chi connectivity index (χ2n) is 19.7. The minimum atomic E-state index is -0.0169. The van der Waals surface area contributed by atoms with Gasteiger partial charge in [-0.1, -0.05) is 181 Å². The van der Waals surface area contributed by atoms with Crippen LogP contribution in [0.3, 0.4) is 0 Å². The van der Waals surface area contributed by atoms with Crippen LogP contribution in [0.5, 0.6) is 11.5 Å². The van der Waals surface area contributed by atoms with Gasteiger partial charge in [-0.3, -0.25) is 4.57 Å². The molecule has 1 aliphatic rings. The Hall–Kier alpha value is -7.89. The van der Waals surface area contributed by atoms with Gasteiger partial charge in [0.05, 0.1) is 28.1 Å². The monoisotopic (exact) mass is 870 g/mol. The molecule has 8 aromatic carbocycles. The van der Waals surface area contributed by atoms with Crippen LogP contribution in [0, 0.1) is 0 Å². The van der Waals surface area contributed by atoms with E-state index in [0.717, 1.165) is 45.1 Å². The summed E-state index contributed by atoms with van der Waals surface area (Å²) in [7, 11) is 0. The van der Waals surface area contributed by atoms with Crippen LogP contribution in [-0.4, -0.2) is 16.2 Å². The fourth-order valence-electron chi connectivity index (χ4n) is 9.77. The van der Waals surface area contributed by atoms with Gasteiger partial charge < -0.3 is 14.5 Å². The summed E-state index contributed by atoms with van der Waals surface area (Å²) in [6.07, 6.45) is 1.93. The molecular formula is C62H54N4O. The van der Waals surface area contributed by atoms with E-state index in [0.29, 0.717) is 6.67 Å². The molecule has 0 aliphatic carbocycles. The highest BCUT2D eigenvalue weighted by atomic mass is 16.5. The highest BCUT2D eigenvalue weighted by Crippen LogP contribution is 2.54. The SMILES string of the molecule is CC(C)(C)c1cccc(-c2cccc3c2N(c2c(-c4ccccc4)cccc2-c2ccccc2)CN3c2cccc(Oc3ccc4c5ccccc5n(-c5cc(C(C)(C)C)ccn5)c4c3)c2)c1. The maximum atomic E-state index is 6.87. The van der Waals surface area contributed by atoms with Crippen LogP contribution in [0.4, 0.5) is 22.7 Å². The zero-order chi connectivity index (χ0) is 45.9. The third kappa shape index (κ3) is 7.70. The van der Waals surface area contributed by atoms with Crippen molar-refractivity contribution in [3.63, 3.8) is 0 Å². The number of para-hydroxylation sites is 3. The maximum absolute atomic E-state index is 6.87. The number of aromatic nitrogens is 2. The Labute approximate surface area is 394 Å². The van der Waals surface area contributed by atoms with Gasteiger partial charge in [0.1, 0.15) is 24.0 Å². The summed E-state index contributed by atoms with van der Waals surface area (Å²) in [5.41, 5.74) is 16.3. The molecule has 3 heterocycles. The molecule has 11 rings (SSSR count). The van der Waals surface area contributed by atoms with E-state index in [9.17, 15) is 0 Å². The van der Waals surface area contributed by atoms with Crippen LogP contribution in [0.2, 0.25) is 0 Å². The van der Waals surface area contributed by atoms with Crippen LogP contribution in [-0.2, 0) is 10.8 Å². The standard InChI is InChI=1S/C62H54N4O/c1-61(2,3)45-24-15-23-44(37-45)52-30-18-32-56-60(52)65(59-50(42-19-9-7-10-20-42)28-17-29-51(59)43-21-11-8-12-22-43)41-64(56)47-25-16-26-48(39-47)67-49-33-34-54-53-27-13-14-31-55(53)66(57(54)40-49)58-38-46(35-36-63-58)62(4,5)6/h7-40H,41H2,1-6H3. The Kier molecular flexibility index (Phi) is 10.3. The van der Waals surface area contributed by atoms with E-state index in [4.69, 9.17) is 9.72 Å². The van der Waals surface area contributed by atoms with Crippen molar-refractivity contribution < 1.29 is 4.74 Å². The Morgan fingerprint density at radius 1 is 0.433 bits per heavy atom. The lowest BCUT2D eigenvalue weighted by molar-refractivity contribution is 0.483. The smallest absolute Gasteiger partial charge is 0.137 e. The molecule has 0 N–H and O–H groups in total. The zero-order valence-corrected chi connectivity index (χ0v) is 39.0. The molecule has 0 fully saturated rings. The molecule has 1 aliphatic heterocycles. The molecule has 5 nitrogen and oxygen atoms in total. The van der Waals surface area contributed by atoms with E-state index < -0.39 is 0 Å². The molecule has 2 aromatic heterocycles. The second-order valence-corrected chi connectivity index (χ2v) is 19.7. The first-order valence-electron chi connectivity index (χ1n) is 23.3. The molecule has 0 bridgehead atoms. The number of hydrogen-bond acceptors (Lipinski definition) is 4. The lowest BCUT2D eigenvalue weighted by Crippen LogP contribution is -2.25. The summed E-state index contributed by atoms with van der Waals surface area (Å²) in [6, 6.07) is 72.0. The quantitative estimate of drug-likeness (QED) is 0.152. The first-order valence-corrected chi connectivity index (χ1v) is 23.3. The van der Waals surface area contributed by atoms with Gasteiger partial charge in [0.15, 0.2) is 0 Å². The average molecular weight is 871 g/mol. The maximum Gasteiger partial charge on any atom is 0.137 e. The van der Waals surface area contributed by atoms with Gasteiger partial charge in [0.2, 0.25) is 0 Å². The largest absolute Gasteiger partial charge is 0.457 e. The van der Waals surface area contributed by atoms with E-state index in [1.54, 1.807) is 0 Å². The predicted molar refractivity (Wildman–Crippen MR) is 281 cm³/mol. The number of anilines is 4. The summed E-state index contributed by atoms with van der Waals surface area (Å²) in [5, 5.41) is 2.34. The van der Waals surface area contributed by atoms with Gasteiger partial charge in [-0.25, -0.2) is 4.98 Å². The van der Waals surface area contributed by atoms with Gasteiger partial charge in [-0.15, -0.1) is 0 Å². The highest BCUT2D eigenvalue weighted by molar-refractivity contribution is 6.09. The van der Waals surface area contributed by atoms with Crippen molar-refractivity contribution in [2.45, 2.75) is 52.4 Å². The van der Waals surface area contributed by atoms with E-state index in [1.807, 2.05) is 6.20 Å². The number of nitrogens with zero attached hydrogens (tertiary/aromatic N) is 4. The number of pyridine rings is 1. The fourth-order valence-corrected chi connectivity index (χ4v) is 9.77. The van der Waals surface area contributed by atoms with Crippen LogP contribution in [0.15, 0.2) is 206 Å². The molecule has 0 spiro atoms. The number of benzene rings is 8. The number of hydrogen-bond donors (Lipinski definition) is 0. The van der Waals surface area contributed by atoms with Gasteiger partial charge in [-0.05, 0) is 87.2 Å². The van der Waals surface area contributed by atoms with Crippen molar-refractivity contribution in [3.05, 3.63) is 218 Å². The third-order valence-electron chi connectivity index (χ3n) is 13.2. The van der Waals surface area contributed by atoms with Crippen LogP contribution >= 0.6 is 0 Å². The molecule has 328 valence electrons. The molecule has 0 unspecified atom stereocenters. The van der Waals surface area contributed by atoms with E-state index in [1.165, 1.54) is 61.3 Å². The molecule has 0 radical (unpaired) electrons. The highest BCUT2D eigenvalue weighted by Gasteiger charge is 2.34. The van der Waals surface area contributed by atoms with Crippen LogP contribution in [0.25, 0.3) is 61.0 Å². The summed E-state index contributed by atoms with van der Waals surface area (Å²) in [4.78, 5) is 9.89. The van der Waals surface area contributed by atoms with Crippen molar-refractivity contribution in [2.24, 2.45) is 0 Å². The topological polar surface area (TPSA) is 33.5 Å². The van der Waals surface area contributed by atoms with Crippen molar-refractivity contribution in [1.29, 1.82) is 0 Å². The molecule has 0 saturated carbocycles. The zero-order valence-electron chi connectivity index (χ0n) is 39.0. The van der Waals surface area contributed by atoms with E-state index in [2.05, 4.69) is 256 Å². The van der Waals surface area contributed by atoms with Gasteiger partial charge in [0, 0.05) is 51.5 Å². The normalized spacial score (nSPS) is 12.8. The Bertz CT molecular complexity index is 3390. The summed E-state index contributed by atoms with van der Waals surface area (Å²) < 4.78 is 9.14. The van der Waals surface area contributed by atoms with Crippen LogP contribution < -0.4 is 14.5 Å². The predicted octanol–water partition coefficient (Wildman–Crippen LogP) is 16.8. The lowest BCUT2D eigenvalue weighted by Gasteiger charge is -2.28. The fraction of sp³-hybridized carbons (Fsp3) is 0.145. The van der Waals surface area contributed by atoms with Crippen molar-refractivity contribution in [2.75, 3.05) is 16.5 Å². The van der Waals surface area contributed by atoms with Gasteiger partial charge >= 0.3 is 0 Å². The summed E-state index contributed by atoms with van der Waals surface area (Å²) >= 11 is 0. The molecular weight excluding hydrogens is 817 g/mol. The van der Waals surface area contributed by atoms with Gasteiger partial charge in [0.25, 0.3) is 0 Å². The van der Waals surface area contributed by atoms with E-state index in [-0.39, 0.29) is 10.8 Å². The molecule has 10 aromatic rings. The Balaban J connectivity index is 1.04. The summed E-state index contributed by atoms with van der Waals surface area (Å²) in [5.74, 6) is 2.41. The lowest BCUT2D eigenvalue weighted by atomic mass is 9.85.